The molecular weight excluding hydrogens is 295 g/mol. The minimum absolute atomic E-state index is 0. The summed E-state index contributed by atoms with van der Waals surface area (Å²) < 4.78 is 12.6. The monoisotopic (exact) mass is 308 g/mol. The van der Waals surface area contributed by atoms with E-state index in [0.29, 0.717) is 11.5 Å². The Hall–Kier alpha value is -0.661. The number of hydrogen-bond donors (Lipinski definition) is 0. The first-order chi connectivity index (χ1) is 9.27. The minimum Gasteiger partial charge on any atom is -0.293 e. The van der Waals surface area contributed by atoms with Gasteiger partial charge in [0.2, 0.25) is 0 Å². The first-order valence-corrected chi connectivity index (χ1v) is 5.96. The van der Waals surface area contributed by atoms with Crippen molar-refractivity contribution in [2.24, 2.45) is 0 Å². The summed E-state index contributed by atoms with van der Waals surface area (Å²) in [6.07, 6.45) is 17.1. The second-order valence-electron chi connectivity index (χ2n) is 3.97. The summed E-state index contributed by atoms with van der Waals surface area (Å²) in [5, 5.41) is 0. The third-order valence-electron chi connectivity index (χ3n) is 2.59. The van der Waals surface area contributed by atoms with E-state index in [1.165, 1.54) is 24.3 Å². The van der Waals surface area contributed by atoms with Crippen LogP contribution >= 0.6 is 0 Å². The van der Waals surface area contributed by atoms with Crippen molar-refractivity contribution in [1.29, 1.82) is 0 Å². The summed E-state index contributed by atoms with van der Waals surface area (Å²) in [5.41, 5.74) is 0.512. The molecule has 100 valence electrons. The quantitative estimate of drug-likeness (QED) is 0.604. The fraction of sp³-hybridized carbons (Fsp3) is 0. The zero-order valence-electron chi connectivity index (χ0n) is 10.6. The molecule has 1 nitrogen and oxygen atoms in total. The predicted octanol–water partition coefficient (Wildman–Crippen LogP) is 3.43. The van der Waals surface area contributed by atoms with Gasteiger partial charge < -0.3 is 0 Å². The molecule has 2 saturated carbocycles. The predicted molar refractivity (Wildman–Crippen MR) is 72.7 cm³/mol. The summed E-state index contributed by atoms with van der Waals surface area (Å²) in [6, 6.07) is 5.56. The van der Waals surface area contributed by atoms with Crippen LogP contribution in [0.5, 0.6) is 0 Å². The van der Waals surface area contributed by atoms with Crippen LogP contribution in [0.2, 0.25) is 0 Å². The molecule has 2 aliphatic rings. The van der Waals surface area contributed by atoms with Gasteiger partial charge in [-0.15, -0.1) is 0 Å². The molecular formula is C17H13FFeO+2. The van der Waals surface area contributed by atoms with Crippen LogP contribution in [-0.2, 0) is 17.1 Å². The Bertz CT molecular complexity index is 384. The van der Waals surface area contributed by atoms with Gasteiger partial charge in [0.05, 0.1) is 5.92 Å². The van der Waals surface area contributed by atoms with Crippen molar-refractivity contribution >= 4 is 5.78 Å². The molecule has 0 atom stereocenters. The van der Waals surface area contributed by atoms with Gasteiger partial charge in [-0.2, -0.15) is 0 Å². The molecule has 3 heteroatoms. The molecule has 3 rings (SSSR count). The van der Waals surface area contributed by atoms with Crippen molar-refractivity contribution in [2.75, 3.05) is 0 Å². The smallest absolute Gasteiger partial charge is 0.293 e. The van der Waals surface area contributed by atoms with Crippen LogP contribution in [0.4, 0.5) is 4.39 Å². The van der Waals surface area contributed by atoms with E-state index in [9.17, 15) is 9.18 Å². The number of rotatable bonds is 2. The van der Waals surface area contributed by atoms with Gasteiger partial charge in [-0.25, -0.2) is 4.39 Å². The van der Waals surface area contributed by atoms with Crippen molar-refractivity contribution in [3.05, 3.63) is 99.4 Å². The molecule has 0 heterocycles. The summed E-state index contributed by atoms with van der Waals surface area (Å²) in [7, 11) is 0. The molecule has 1 aromatic carbocycles. The third-order valence-corrected chi connectivity index (χ3v) is 2.59. The SMILES string of the molecule is O=C([C]1[CH][CH][CH][CH]1)c1ccc(F)cc1.[CH]1[CH][CH][CH][CH]1.[Fe+2]. The van der Waals surface area contributed by atoms with Gasteiger partial charge in [0.1, 0.15) is 5.82 Å². The van der Waals surface area contributed by atoms with Gasteiger partial charge in [0, 0.05) is 5.56 Å². The van der Waals surface area contributed by atoms with Gasteiger partial charge in [-0.05, 0) is 82.1 Å². The Morgan fingerprint density at radius 2 is 1.20 bits per heavy atom. The molecule has 20 heavy (non-hydrogen) atoms. The van der Waals surface area contributed by atoms with Gasteiger partial charge in [-0.1, -0.05) is 0 Å². The van der Waals surface area contributed by atoms with Gasteiger partial charge >= 0.3 is 17.1 Å². The van der Waals surface area contributed by atoms with Crippen molar-refractivity contribution in [2.45, 2.75) is 0 Å². The second-order valence-corrected chi connectivity index (χ2v) is 3.97. The normalized spacial score (nSPS) is 18.1. The van der Waals surface area contributed by atoms with E-state index in [1.807, 2.05) is 32.1 Å². The Balaban J connectivity index is 0.000000283. The van der Waals surface area contributed by atoms with E-state index in [0.717, 1.165) is 0 Å². The number of hydrogen-bond acceptors (Lipinski definition) is 1. The van der Waals surface area contributed by atoms with Gasteiger partial charge in [0.15, 0.2) is 5.78 Å². The molecule has 1 aromatic rings. The molecule has 2 aliphatic carbocycles. The summed E-state index contributed by atoms with van der Waals surface area (Å²) in [5.74, 6) is 0.232. The first kappa shape index (κ1) is 17.4. The second kappa shape index (κ2) is 9.31. The van der Waals surface area contributed by atoms with E-state index in [1.54, 1.807) is 25.7 Å². The van der Waals surface area contributed by atoms with Crippen molar-refractivity contribution in [3.8, 4) is 0 Å². The van der Waals surface area contributed by atoms with Crippen molar-refractivity contribution in [1.82, 2.24) is 0 Å². The minimum atomic E-state index is -0.330. The van der Waals surface area contributed by atoms with E-state index in [2.05, 4.69) is 0 Å². The molecule has 0 aromatic heterocycles. The van der Waals surface area contributed by atoms with Crippen molar-refractivity contribution in [3.63, 3.8) is 0 Å². The molecule has 0 N–H and O–H groups in total. The van der Waals surface area contributed by atoms with Crippen LogP contribution in [0.3, 0.4) is 0 Å². The molecule has 10 radical (unpaired) electrons. The Morgan fingerprint density at radius 3 is 1.65 bits per heavy atom. The van der Waals surface area contributed by atoms with Gasteiger partial charge in [0.25, 0.3) is 0 Å². The molecule has 0 spiro atoms. The molecule has 2 fully saturated rings. The van der Waals surface area contributed by atoms with E-state index >= 15 is 0 Å². The summed E-state index contributed by atoms with van der Waals surface area (Å²) in [4.78, 5) is 11.7. The van der Waals surface area contributed by atoms with E-state index < -0.39 is 0 Å². The number of carbonyl (C=O) groups is 1. The Morgan fingerprint density at radius 1 is 0.750 bits per heavy atom. The zero-order valence-corrected chi connectivity index (χ0v) is 11.7. The van der Waals surface area contributed by atoms with E-state index in [4.69, 9.17) is 0 Å². The topological polar surface area (TPSA) is 17.1 Å². The average molecular weight is 308 g/mol. The van der Waals surface area contributed by atoms with Crippen LogP contribution < -0.4 is 0 Å². The molecule has 0 saturated heterocycles. The Labute approximate surface area is 131 Å². The zero-order chi connectivity index (χ0) is 13.5. The average Bonchev–Trinajstić information content (AvgIpc) is 3.15. The summed E-state index contributed by atoms with van der Waals surface area (Å²) >= 11 is 0. The van der Waals surface area contributed by atoms with Crippen LogP contribution in [-0.4, -0.2) is 5.78 Å². The molecule has 0 aliphatic heterocycles. The van der Waals surface area contributed by atoms with Crippen LogP contribution in [0, 0.1) is 69.5 Å². The number of halogens is 1. The molecule has 0 amide bonds. The van der Waals surface area contributed by atoms with Crippen LogP contribution in [0.25, 0.3) is 0 Å². The Kier molecular flexibility index (Phi) is 8.09. The maximum absolute atomic E-state index is 12.6. The number of carbonyl (C=O) groups excluding carboxylic acids is 1. The fourth-order valence-corrected chi connectivity index (χ4v) is 1.61. The van der Waals surface area contributed by atoms with Gasteiger partial charge in [-0.3, -0.25) is 4.79 Å². The van der Waals surface area contributed by atoms with Crippen LogP contribution in [0.15, 0.2) is 24.3 Å². The molecule has 0 bridgehead atoms. The number of Topliss-reactive ketones (excluding diaryl/α,β-unsaturated/α-hetero) is 1. The summed E-state index contributed by atoms with van der Waals surface area (Å²) in [6.45, 7) is 0. The van der Waals surface area contributed by atoms with Crippen LogP contribution in [0.1, 0.15) is 10.4 Å². The maximum atomic E-state index is 12.6. The third kappa shape index (κ3) is 5.38. The van der Waals surface area contributed by atoms with E-state index in [-0.39, 0.29) is 28.7 Å². The molecule has 0 unspecified atom stereocenters. The van der Waals surface area contributed by atoms with Crippen molar-refractivity contribution < 1.29 is 26.3 Å². The largest absolute Gasteiger partial charge is 2.00 e. The fourth-order valence-electron chi connectivity index (χ4n) is 1.61. The first-order valence-electron chi connectivity index (χ1n) is 5.96. The number of benzene rings is 1. The maximum Gasteiger partial charge on any atom is 2.00 e. The standard InChI is InChI=1S/C12H8FO.C5H5.Fe/c13-11-7-5-10(6-8-11)12(14)9-3-1-2-4-9;1-2-4-5-3-1;/h1-8H;1-5H;/q;;+2. The number of ketones is 1.